The van der Waals surface area contributed by atoms with E-state index in [-0.39, 0.29) is 5.91 Å². The summed E-state index contributed by atoms with van der Waals surface area (Å²) in [4.78, 5) is 27.1. The number of carbonyl (C=O) groups excluding carboxylic acids is 1. The number of aromatic amines is 2. The van der Waals surface area contributed by atoms with Gasteiger partial charge in [-0.15, -0.1) is 0 Å². The average Bonchev–Trinajstić information content (AvgIpc) is 3.30. The zero-order valence-corrected chi connectivity index (χ0v) is 16.4. The number of nitrogens with one attached hydrogen (secondary N) is 2. The Morgan fingerprint density at radius 1 is 1.14 bits per heavy atom. The van der Waals surface area contributed by atoms with Crippen molar-refractivity contribution in [1.29, 1.82) is 0 Å². The van der Waals surface area contributed by atoms with Crippen LogP contribution >= 0.6 is 11.6 Å². The fraction of sp³-hybridized carbons (Fsp3) is 0.500. The average molecular weight is 399 g/mol. The molecule has 0 bridgehead atoms. The van der Waals surface area contributed by atoms with Crippen LogP contribution in [0.15, 0.2) is 18.2 Å². The van der Waals surface area contributed by atoms with Crippen molar-refractivity contribution in [3.63, 3.8) is 0 Å². The summed E-state index contributed by atoms with van der Waals surface area (Å²) in [5.41, 5.74) is 1.79. The molecule has 1 saturated heterocycles. The van der Waals surface area contributed by atoms with Crippen LogP contribution in [0.4, 0.5) is 0 Å². The van der Waals surface area contributed by atoms with Gasteiger partial charge in [-0.25, -0.2) is 9.97 Å². The van der Waals surface area contributed by atoms with E-state index in [9.17, 15) is 4.79 Å². The Balaban J connectivity index is 1.14. The number of fused-ring (bicyclic) bond motifs is 1. The molecule has 146 valence electrons. The van der Waals surface area contributed by atoms with Gasteiger partial charge in [-0.05, 0) is 43.9 Å². The lowest BCUT2D eigenvalue weighted by atomic mass is 9.96. The normalized spacial score (nSPS) is 18.1. The third-order valence-electron chi connectivity index (χ3n) is 5.77. The first-order valence-electron chi connectivity index (χ1n) is 10.00. The third-order valence-corrected chi connectivity index (χ3v) is 6.00. The summed E-state index contributed by atoms with van der Waals surface area (Å²) in [7, 11) is 0. The lowest BCUT2D eigenvalue weighted by Gasteiger charge is -2.31. The molecule has 1 aliphatic carbocycles. The lowest BCUT2D eigenvalue weighted by molar-refractivity contribution is -0.132. The first-order valence-corrected chi connectivity index (χ1v) is 10.4. The quantitative estimate of drug-likeness (QED) is 0.687. The van der Waals surface area contributed by atoms with Gasteiger partial charge in [-0.3, -0.25) is 9.89 Å². The molecule has 3 heterocycles. The number of H-pyrrole nitrogens is 2. The Kier molecular flexibility index (Phi) is 4.55. The van der Waals surface area contributed by atoms with Crippen LogP contribution in [-0.2, 0) is 11.2 Å². The van der Waals surface area contributed by atoms with Gasteiger partial charge in [-0.1, -0.05) is 11.6 Å². The standard InChI is InChI=1S/C20H23ClN6O/c21-14-3-4-15-16(11-14)23-17(22-15)5-6-18(28)27-9-7-13(8-10-27)20-24-19(25-26-20)12-1-2-12/h3-4,11-13H,1-2,5-10H2,(H,22,23)(H,24,25,26). The molecule has 0 unspecified atom stereocenters. The number of likely N-dealkylation sites (tertiary alicyclic amines) is 1. The summed E-state index contributed by atoms with van der Waals surface area (Å²) in [5.74, 6) is 3.93. The molecule has 1 amide bonds. The summed E-state index contributed by atoms with van der Waals surface area (Å²) >= 11 is 6.01. The predicted molar refractivity (Wildman–Crippen MR) is 106 cm³/mol. The van der Waals surface area contributed by atoms with E-state index in [4.69, 9.17) is 11.6 Å². The molecule has 0 atom stereocenters. The number of aromatic nitrogens is 5. The number of imidazole rings is 1. The number of nitrogens with zero attached hydrogens (tertiary/aromatic N) is 4. The van der Waals surface area contributed by atoms with E-state index in [1.54, 1.807) is 0 Å². The van der Waals surface area contributed by atoms with Crippen LogP contribution in [0, 0.1) is 0 Å². The van der Waals surface area contributed by atoms with Crippen molar-refractivity contribution < 1.29 is 4.79 Å². The molecule has 2 aromatic heterocycles. The number of rotatable bonds is 5. The fourth-order valence-corrected chi connectivity index (χ4v) is 4.11. The van der Waals surface area contributed by atoms with Crippen LogP contribution in [0.5, 0.6) is 0 Å². The minimum absolute atomic E-state index is 0.188. The maximum atomic E-state index is 12.6. The number of benzene rings is 1. The van der Waals surface area contributed by atoms with E-state index in [1.165, 1.54) is 12.8 Å². The molecule has 1 aliphatic heterocycles. The van der Waals surface area contributed by atoms with Crippen LogP contribution in [0.2, 0.25) is 5.02 Å². The predicted octanol–water partition coefficient (Wildman–Crippen LogP) is 3.55. The van der Waals surface area contributed by atoms with E-state index in [0.29, 0.717) is 29.7 Å². The second kappa shape index (κ2) is 7.20. The van der Waals surface area contributed by atoms with Crippen molar-refractivity contribution in [2.45, 2.75) is 50.4 Å². The van der Waals surface area contributed by atoms with Crippen molar-refractivity contribution in [2.24, 2.45) is 0 Å². The zero-order chi connectivity index (χ0) is 19.1. The molecule has 7 nitrogen and oxygen atoms in total. The molecule has 8 heteroatoms. The topological polar surface area (TPSA) is 90.6 Å². The summed E-state index contributed by atoms with van der Waals surface area (Å²) in [6.45, 7) is 1.55. The van der Waals surface area contributed by atoms with Crippen LogP contribution < -0.4 is 0 Å². The fourth-order valence-electron chi connectivity index (χ4n) is 3.93. The van der Waals surface area contributed by atoms with Crippen LogP contribution in [0.3, 0.4) is 0 Å². The van der Waals surface area contributed by atoms with Gasteiger partial charge in [0.25, 0.3) is 0 Å². The molecule has 1 aromatic carbocycles. The molecule has 3 aromatic rings. The molecule has 1 saturated carbocycles. The Hall–Kier alpha value is -2.41. The number of hydrogen-bond donors (Lipinski definition) is 2. The summed E-state index contributed by atoms with van der Waals surface area (Å²) in [5, 5.41) is 8.15. The smallest absolute Gasteiger partial charge is 0.223 e. The second-order valence-corrected chi connectivity index (χ2v) is 8.29. The SMILES string of the molecule is O=C(CCc1nc2ccc(Cl)cc2[nH]1)N1CCC(c2nc(C3CC3)n[nH]2)CC1. The monoisotopic (exact) mass is 398 g/mol. The van der Waals surface area contributed by atoms with Crippen molar-refractivity contribution >= 4 is 28.5 Å². The Morgan fingerprint density at radius 3 is 2.75 bits per heavy atom. The second-order valence-electron chi connectivity index (χ2n) is 7.85. The summed E-state index contributed by atoms with van der Waals surface area (Å²) < 4.78 is 0. The highest BCUT2D eigenvalue weighted by Crippen LogP contribution is 2.38. The first-order chi connectivity index (χ1) is 13.7. The van der Waals surface area contributed by atoms with Gasteiger partial charge in [0.05, 0.1) is 11.0 Å². The van der Waals surface area contributed by atoms with Gasteiger partial charge in [-0.2, -0.15) is 5.10 Å². The van der Waals surface area contributed by atoms with E-state index < -0.39 is 0 Å². The molecule has 2 aliphatic rings. The molecule has 0 radical (unpaired) electrons. The first kappa shape index (κ1) is 17.7. The van der Waals surface area contributed by atoms with E-state index in [1.807, 2.05) is 23.1 Å². The van der Waals surface area contributed by atoms with Gasteiger partial charge < -0.3 is 9.88 Å². The van der Waals surface area contributed by atoms with Gasteiger partial charge in [0.2, 0.25) is 5.91 Å². The van der Waals surface area contributed by atoms with Gasteiger partial charge in [0, 0.05) is 42.8 Å². The number of halogens is 1. The van der Waals surface area contributed by atoms with E-state index >= 15 is 0 Å². The number of piperidine rings is 1. The van der Waals surface area contributed by atoms with E-state index in [2.05, 4.69) is 25.1 Å². The third kappa shape index (κ3) is 3.63. The van der Waals surface area contributed by atoms with Crippen molar-refractivity contribution in [3.8, 4) is 0 Å². The Bertz CT molecular complexity index is 999. The van der Waals surface area contributed by atoms with Crippen molar-refractivity contribution in [1.82, 2.24) is 30.0 Å². The molecule has 0 spiro atoms. The van der Waals surface area contributed by atoms with Gasteiger partial charge in [0.1, 0.15) is 11.6 Å². The summed E-state index contributed by atoms with van der Waals surface area (Å²) in [6.07, 6.45) is 5.37. The largest absolute Gasteiger partial charge is 0.343 e. The van der Waals surface area contributed by atoms with Crippen LogP contribution in [-0.4, -0.2) is 49.0 Å². The van der Waals surface area contributed by atoms with E-state index in [0.717, 1.165) is 54.4 Å². The summed E-state index contributed by atoms with van der Waals surface area (Å²) in [6, 6.07) is 5.58. The minimum Gasteiger partial charge on any atom is -0.343 e. The highest BCUT2D eigenvalue weighted by Gasteiger charge is 2.30. The zero-order valence-electron chi connectivity index (χ0n) is 15.6. The van der Waals surface area contributed by atoms with Crippen LogP contribution in [0.1, 0.15) is 61.4 Å². The molecule has 28 heavy (non-hydrogen) atoms. The molecule has 2 fully saturated rings. The van der Waals surface area contributed by atoms with Gasteiger partial charge in [0.15, 0.2) is 5.82 Å². The molecular weight excluding hydrogens is 376 g/mol. The molecule has 2 N–H and O–H groups in total. The lowest BCUT2D eigenvalue weighted by Crippen LogP contribution is -2.38. The molecule has 5 rings (SSSR count). The van der Waals surface area contributed by atoms with Gasteiger partial charge >= 0.3 is 0 Å². The van der Waals surface area contributed by atoms with Crippen molar-refractivity contribution in [3.05, 3.63) is 40.7 Å². The maximum absolute atomic E-state index is 12.6. The van der Waals surface area contributed by atoms with Crippen molar-refractivity contribution in [2.75, 3.05) is 13.1 Å². The number of hydrogen-bond acceptors (Lipinski definition) is 4. The number of aryl methyl sites for hydroxylation is 1. The maximum Gasteiger partial charge on any atom is 0.223 e. The van der Waals surface area contributed by atoms with Crippen LogP contribution in [0.25, 0.3) is 11.0 Å². The number of amides is 1. The number of carbonyl (C=O) groups is 1. The molecular formula is C20H23ClN6O. The highest BCUT2D eigenvalue weighted by molar-refractivity contribution is 6.31. The Morgan fingerprint density at radius 2 is 1.96 bits per heavy atom. The highest BCUT2D eigenvalue weighted by atomic mass is 35.5. The Labute approximate surface area is 167 Å². The minimum atomic E-state index is 0.188.